The highest BCUT2D eigenvalue weighted by atomic mass is 16.5. The molecule has 1 heterocycles. The van der Waals surface area contributed by atoms with Crippen LogP contribution in [0.2, 0.25) is 0 Å². The standard InChI is InChI=1S/C15H16N2O3/c1-10-8-15(18)17-14(16-10)7-5-11-4-6-12(19-2)9-13(11)20-3/h4-9H,1-3H3,(H,16,17,18). The topological polar surface area (TPSA) is 64.5 Å². The van der Waals surface area contributed by atoms with Crippen LogP contribution < -0.4 is 9.47 Å². The summed E-state index contributed by atoms with van der Waals surface area (Å²) in [6.45, 7) is 1.80. The van der Waals surface area contributed by atoms with Crippen LogP contribution in [0.4, 0.5) is 0 Å². The summed E-state index contributed by atoms with van der Waals surface area (Å²) in [5.41, 5.74) is 1.58. The highest BCUT2D eigenvalue weighted by molar-refractivity contribution is 5.71. The molecule has 0 fully saturated rings. The summed E-state index contributed by atoms with van der Waals surface area (Å²) in [5, 5.41) is 9.43. The van der Waals surface area contributed by atoms with Crippen molar-refractivity contribution in [3.05, 3.63) is 41.3 Å². The molecule has 0 saturated carbocycles. The number of hydrogen-bond donors (Lipinski definition) is 1. The number of rotatable bonds is 4. The number of aromatic hydroxyl groups is 1. The fraction of sp³-hybridized carbons (Fsp3) is 0.200. The number of aryl methyl sites for hydroxylation is 1. The molecule has 0 aliphatic carbocycles. The van der Waals surface area contributed by atoms with Crippen LogP contribution in [0.15, 0.2) is 24.3 Å². The van der Waals surface area contributed by atoms with Crippen molar-refractivity contribution in [3.63, 3.8) is 0 Å². The van der Waals surface area contributed by atoms with Crippen molar-refractivity contribution in [3.8, 4) is 17.4 Å². The fourth-order valence-corrected chi connectivity index (χ4v) is 1.77. The number of methoxy groups -OCH3 is 2. The van der Waals surface area contributed by atoms with E-state index in [1.54, 1.807) is 33.3 Å². The molecular formula is C15H16N2O3. The summed E-state index contributed by atoms with van der Waals surface area (Å²) in [6, 6.07) is 7.03. The van der Waals surface area contributed by atoms with E-state index < -0.39 is 0 Å². The smallest absolute Gasteiger partial charge is 0.214 e. The third-order valence-electron chi connectivity index (χ3n) is 2.71. The highest BCUT2D eigenvalue weighted by Gasteiger charge is 2.03. The quantitative estimate of drug-likeness (QED) is 0.927. The van der Waals surface area contributed by atoms with Crippen molar-refractivity contribution in [2.75, 3.05) is 14.2 Å². The molecule has 0 unspecified atom stereocenters. The molecule has 0 saturated heterocycles. The van der Waals surface area contributed by atoms with Gasteiger partial charge in [-0.2, -0.15) is 4.98 Å². The maximum Gasteiger partial charge on any atom is 0.214 e. The zero-order valence-electron chi connectivity index (χ0n) is 11.6. The average molecular weight is 272 g/mol. The van der Waals surface area contributed by atoms with Gasteiger partial charge in [0.15, 0.2) is 5.82 Å². The summed E-state index contributed by atoms with van der Waals surface area (Å²) in [5.74, 6) is 1.82. The Bertz CT molecular complexity index is 619. The summed E-state index contributed by atoms with van der Waals surface area (Å²) < 4.78 is 10.4. The molecule has 0 amide bonds. The molecule has 1 aromatic heterocycles. The predicted octanol–water partition coefficient (Wildman–Crippen LogP) is 2.68. The molecule has 5 heteroatoms. The van der Waals surface area contributed by atoms with Gasteiger partial charge >= 0.3 is 0 Å². The minimum absolute atomic E-state index is 0.0427. The van der Waals surface area contributed by atoms with Gasteiger partial charge in [0.25, 0.3) is 0 Å². The summed E-state index contributed by atoms with van der Waals surface area (Å²) >= 11 is 0. The average Bonchev–Trinajstić information content (AvgIpc) is 2.44. The van der Waals surface area contributed by atoms with Gasteiger partial charge in [-0.1, -0.05) is 0 Å². The summed E-state index contributed by atoms with van der Waals surface area (Å²) in [7, 11) is 3.20. The normalized spacial score (nSPS) is 10.8. The second-order valence-electron chi connectivity index (χ2n) is 4.17. The molecule has 104 valence electrons. The van der Waals surface area contributed by atoms with E-state index in [1.165, 1.54) is 6.07 Å². The zero-order chi connectivity index (χ0) is 14.5. The van der Waals surface area contributed by atoms with Gasteiger partial charge in [0, 0.05) is 23.4 Å². The molecule has 0 atom stereocenters. The molecule has 0 bridgehead atoms. The van der Waals surface area contributed by atoms with Crippen LogP contribution in [0.3, 0.4) is 0 Å². The molecule has 0 aliphatic rings. The summed E-state index contributed by atoms with van der Waals surface area (Å²) in [4.78, 5) is 8.15. The molecule has 0 aliphatic heterocycles. The number of nitrogens with zero attached hydrogens (tertiary/aromatic N) is 2. The van der Waals surface area contributed by atoms with Crippen LogP contribution >= 0.6 is 0 Å². The first-order chi connectivity index (χ1) is 9.62. The van der Waals surface area contributed by atoms with Crippen molar-refractivity contribution in [2.45, 2.75) is 6.92 Å². The van der Waals surface area contributed by atoms with E-state index in [0.717, 1.165) is 11.3 Å². The summed E-state index contributed by atoms with van der Waals surface area (Å²) in [6.07, 6.45) is 3.55. The van der Waals surface area contributed by atoms with E-state index in [9.17, 15) is 5.11 Å². The van der Waals surface area contributed by atoms with Crippen LogP contribution in [0.25, 0.3) is 12.2 Å². The first-order valence-corrected chi connectivity index (χ1v) is 6.07. The van der Waals surface area contributed by atoms with Crippen LogP contribution in [0, 0.1) is 6.92 Å². The van der Waals surface area contributed by atoms with E-state index >= 15 is 0 Å². The second kappa shape index (κ2) is 6.06. The largest absolute Gasteiger partial charge is 0.497 e. The number of ether oxygens (including phenoxy) is 2. The van der Waals surface area contributed by atoms with Gasteiger partial charge in [-0.25, -0.2) is 4.98 Å². The molecule has 0 radical (unpaired) electrons. The van der Waals surface area contributed by atoms with Crippen molar-refractivity contribution in [1.82, 2.24) is 9.97 Å². The Hall–Kier alpha value is -2.56. The van der Waals surface area contributed by atoms with Gasteiger partial charge in [0.05, 0.1) is 14.2 Å². The lowest BCUT2D eigenvalue weighted by Gasteiger charge is -2.07. The highest BCUT2D eigenvalue weighted by Crippen LogP contribution is 2.26. The van der Waals surface area contributed by atoms with Gasteiger partial charge in [0.1, 0.15) is 11.5 Å². The van der Waals surface area contributed by atoms with Crippen molar-refractivity contribution < 1.29 is 14.6 Å². The molecular weight excluding hydrogens is 256 g/mol. The SMILES string of the molecule is COc1ccc(C=Cc2nc(C)cc(O)n2)c(OC)c1. The van der Waals surface area contributed by atoms with E-state index in [-0.39, 0.29) is 5.88 Å². The first-order valence-electron chi connectivity index (χ1n) is 6.07. The molecule has 5 nitrogen and oxygen atoms in total. The Morgan fingerprint density at radius 3 is 2.50 bits per heavy atom. The molecule has 2 rings (SSSR count). The fourth-order valence-electron chi connectivity index (χ4n) is 1.77. The van der Waals surface area contributed by atoms with E-state index in [1.807, 2.05) is 18.2 Å². The Labute approximate surface area is 117 Å². The van der Waals surface area contributed by atoms with E-state index in [2.05, 4.69) is 9.97 Å². The van der Waals surface area contributed by atoms with Gasteiger partial charge in [-0.3, -0.25) is 0 Å². The van der Waals surface area contributed by atoms with Crippen LogP contribution in [0.1, 0.15) is 17.1 Å². The maximum absolute atomic E-state index is 9.43. The Balaban J connectivity index is 2.31. The van der Waals surface area contributed by atoms with Gasteiger partial charge < -0.3 is 14.6 Å². The molecule has 0 spiro atoms. The second-order valence-corrected chi connectivity index (χ2v) is 4.17. The number of benzene rings is 1. The monoisotopic (exact) mass is 272 g/mol. The van der Waals surface area contributed by atoms with Gasteiger partial charge in [-0.15, -0.1) is 0 Å². The Kier molecular flexibility index (Phi) is 4.20. The minimum Gasteiger partial charge on any atom is -0.497 e. The van der Waals surface area contributed by atoms with Crippen LogP contribution in [-0.4, -0.2) is 29.3 Å². The molecule has 20 heavy (non-hydrogen) atoms. The van der Waals surface area contributed by atoms with Crippen LogP contribution in [0.5, 0.6) is 17.4 Å². The number of aromatic nitrogens is 2. The molecule has 2 aromatic rings. The first kappa shape index (κ1) is 13.9. The lowest BCUT2D eigenvalue weighted by molar-refractivity contribution is 0.394. The maximum atomic E-state index is 9.43. The predicted molar refractivity (Wildman–Crippen MR) is 76.9 cm³/mol. The Morgan fingerprint density at radius 1 is 1.05 bits per heavy atom. The van der Waals surface area contributed by atoms with E-state index in [0.29, 0.717) is 17.3 Å². The lowest BCUT2D eigenvalue weighted by Crippen LogP contribution is -1.91. The van der Waals surface area contributed by atoms with Gasteiger partial charge in [0.2, 0.25) is 5.88 Å². The van der Waals surface area contributed by atoms with E-state index in [4.69, 9.17) is 9.47 Å². The van der Waals surface area contributed by atoms with Crippen molar-refractivity contribution in [1.29, 1.82) is 0 Å². The molecule has 1 N–H and O–H groups in total. The van der Waals surface area contributed by atoms with Crippen molar-refractivity contribution in [2.24, 2.45) is 0 Å². The molecule has 1 aromatic carbocycles. The van der Waals surface area contributed by atoms with Crippen LogP contribution in [-0.2, 0) is 0 Å². The van der Waals surface area contributed by atoms with Crippen molar-refractivity contribution >= 4 is 12.2 Å². The number of hydrogen-bond acceptors (Lipinski definition) is 5. The lowest BCUT2D eigenvalue weighted by atomic mass is 10.1. The Morgan fingerprint density at radius 2 is 1.85 bits per heavy atom. The minimum atomic E-state index is -0.0427. The van der Waals surface area contributed by atoms with Gasteiger partial charge in [-0.05, 0) is 31.2 Å². The zero-order valence-corrected chi connectivity index (χ0v) is 11.6. The third-order valence-corrected chi connectivity index (χ3v) is 2.71. The third kappa shape index (κ3) is 3.26.